The molecule has 9 nitrogen and oxygen atoms in total. The molecule has 0 amide bonds. The molecule has 0 aliphatic carbocycles. The minimum atomic E-state index is -1.23. The fraction of sp³-hybridized carbons (Fsp3) is 0.172. The zero-order valence-electron chi connectivity index (χ0n) is 21.1. The number of aromatic nitrogens is 1. The van der Waals surface area contributed by atoms with E-state index in [0.717, 1.165) is 23.2 Å². The van der Waals surface area contributed by atoms with Crippen molar-refractivity contribution in [2.24, 2.45) is 0 Å². The number of nitrogens with zero attached hydrogens (tertiary/aromatic N) is 2. The van der Waals surface area contributed by atoms with Crippen LogP contribution in [-0.4, -0.2) is 38.4 Å². The summed E-state index contributed by atoms with van der Waals surface area (Å²) in [5.74, 6) is -0.870. The van der Waals surface area contributed by atoms with Gasteiger partial charge in [0.15, 0.2) is 5.11 Å². The number of ether oxygens (including phenoxy) is 1. The average molecular weight is 544 g/mol. The number of hydrogen-bond acceptors (Lipinski definition) is 6. The minimum Gasteiger partial charge on any atom is -0.491 e. The molecular formula is C29H25N3O6S. The smallest absolute Gasteiger partial charge is 0.335 e. The Hall–Kier alpha value is -4.70. The van der Waals surface area contributed by atoms with Crippen molar-refractivity contribution in [2.45, 2.75) is 32.0 Å². The second-order valence-electron chi connectivity index (χ2n) is 9.27. The maximum atomic E-state index is 11.6. The third-order valence-corrected chi connectivity index (χ3v) is 6.53. The van der Waals surface area contributed by atoms with E-state index in [-0.39, 0.29) is 23.3 Å². The summed E-state index contributed by atoms with van der Waals surface area (Å²) in [4.78, 5) is 29.7. The second-order valence-corrected chi connectivity index (χ2v) is 9.66. The summed E-state index contributed by atoms with van der Waals surface area (Å²) in [5.41, 5.74) is 1.60. The highest BCUT2D eigenvalue weighted by Crippen LogP contribution is 2.43. The first-order chi connectivity index (χ1) is 18.7. The van der Waals surface area contributed by atoms with Crippen LogP contribution in [0.5, 0.6) is 5.75 Å². The molecule has 2 atom stereocenters. The van der Waals surface area contributed by atoms with E-state index in [4.69, 9.17) is 21.4 Å². The Morgan fingerprint density at radius 1 is 1.00 bits per heavy atom. The lowest BCUT2D eigenvalue weighted by atomic mass is 10.0. The number of furan rings is 1. The lowest BCUT2D eigenvalue weighted by Gasteiger charge is -2.26. The molecule has 0 saturated carbocycles. The van der Waals surface area contributed by atoms with E-state index in [9.17, 15) is 19.8 Å². The molecule has 0 radical (unpaired) electrons. The summed E-state index contributed by atoms with van der Waals surface area (Å²) in [6.45, 7) is 3.92. The van der Waals surface area contributed by atoms with Crippen molar-refractivity contribution in [3.05, 3.63) is 102 Å². The topological polar surface area (TPSA) is 125 Å². The molecule has 2 aromatic heterocycles. The molecule has 0 unspecified atom stereocenters. The fourth-order valence-electron chi connectivity index (χ4n) is 4.56. The quantitative estimate of drug-likeness (QED) is 0.238. The number of aromatic carboxylic acids is 2. The van der Waals surface area contributed by atoms with Gasteiger partial charge in [0, 0.05) is 17.4 Å². The van der Waals surface area contributed by atoms with Gasteiger partial charge in [0.05, 0.1) is 29.0 Å². The van der Waals surface area contributed by atoms with E-state index in [1.165, 1.54) is 12.1 Å². The van der Waals surface area contributed by atoms with Crippen LogP contribution in [0.3, 0.4) is 0 Å². The van der Waals surface area contributed by atoms with E-state index in [2.05, 4.69) is 10.3 Å². The van der Waals surface area contributed by atoms with Crippen LogP contribution >= 0.6 is 12.2 Å². The van der Waals surface area contributed by atoms with Crippen molar-refractivity contribution in [3.8, 4) is 17.1 Å². The van der Waals surface area contributed by atoms with Gasteiger partial charge < -0.3 is 29.6 Å². The standard InChI is InChI=1S/C29H25N3O6S/c1-16(2)37-21-8-6-20(7-9-21)32-26(25(31-29(32)39)22-5-3-4-12-30-22)24-11-10-23(38-24)17-13-18(27(33)34)15-19(14-17)28(35)36/h3-16,25-26H,1-2H3,(H,31,39)(H,33,34)(H,35,36)/t25-,26+/m0/s1. The van der Waals surface area contributed by atoms with Gasteiger partial charge in [-0.25, -0.2) is 9.59 Å². The van der Waals surface area contributed by atoms with Crippen molar-refractivity contribution in [1.29, 1.82) is 0 Å². The molecule has 1 aliphatic heterocycles. The molecule has 10 heteroatoms. The van der Waals surface area contributed by atoms with Crippen molar-refractivity contribution in [1.82, 2.24) is 10.3 Å². The first-order valence-corrected chi connectivity index (χ1v) is 12.6. The molecule has 5 rings (SSSR count). The predicted octanol–water partition coefficient (Wildman–Crippen LogP) is 5.70. The molecule has 198 valence electrons. The SMILES string of the molecule is CC(C)Oc1ccc(N2C(=S)N[C@@H](c3ccccn3)[C@H]2c2ccc(-c3cc(C(=O)O)cc(C(=O)O)c3)o2)cc1. The number of benzene rings is 2. The van der Waals surface area contributed by atoms with Crippen LogP contribution < -0.4 is 15.0 Å². The highest BCUT2D eigenvalue weighted by Gasteiger charge is 2.42. The van der Waals surface area contributed by atoms with E-state index in [1.807, 2.05) is 61.2 Å². The summed E-state index contributed by atoms with van der Waals surface area (Å²) >= 11 is 5.75. The van der Waals surface area contributed by atoms with Crippen LogP contribution in [0.2, 0.25) is 0 Å². The molecular weight excluding hydrogens is 518 g/mol. The van der Waals surface area contributed by atoms with Crippen LogP contribution in [0.15, 0.2) is 83.4 Å². The molecule has 1 aliphatic rings. The Kier molecular flexibility index (Phi) is 7.03. The van der Waals surface area contributed by atoms with Gasteiger partial charge in [-0.15, -0.1) is 0 Å². The minimum absolute atomic E-state index is 0.0366. The number of hydrogen-bond donors (Lipinski definition) is 3. The van der Waals surface area contributed by atoms with Gasteiger partial charge in [0.1, 0.15) is 23.3 Å². The van der Waals surface area contributed by atoms with E-state index >= 15 is 0 Å². The second kappa shape index (κ2) is 10.6. The van der Waals surface area contributed by atoms with E-state index < -0.39 is 18.0 Å². The Morgan fingerprint density at radius 3 is 2.28 bits per heavy atom. The number of anilines is 1. The largest absolute Gasteiger partial charge is 0.491 e. The van der Waals surface area contributed by atoms with Gasteiger partial charge >= 0.3 is 11.9 Å². The van der Waals surface area contributed by atoms with Crippen molar-refractivity contribution in [3.63, 3.8) is 0 Å². The van der Waals surface area contributed by atoms with E-state index in [1.54, 1.807) is 18.3 Å². The van der Waals surface area contributed by atoms with Crippen LogP contribution in [0, 0.1) is 0 Å². The summed E-state index contributed by atoms with van der Waals surface area (Å²) in [5, 5.41) is 22.8. The van der Waals surface area contributed by atoms with Gasteiger partial charge in [-0.3, -0.25) is 4.98 Å². The first kappa shape index (κ1) is 25.9. The Morgan fingerprint density at radius 2 is 1.69 bits per heavy atom. The number of nitrogens with one attached hydrogen (secondary N) is 1. The van der Waals surface area contributed by atoms with Gasteiger partial charge in [0.2, 0.25) is 0 Å². The highest BCUT2D eigenvalue weighted by molar-refractivity contribution is 7.80. The van der Waals surface area contributed by atoms with Crippen LogP contribution in [0.4, 0.5) is 5.69 Å². The molecule has 2 aromatic carbocycles. The number of thiocarbonyl (C=S) groups is 1. The van der Waals surface area contributed by atoms with Crippen molar-refractivity contribution in [2.75, 3.05) is 4.90 Å². The zero-order valence-corrected chi connectivity index (χ0v) is 21.9. The molecule has 3 heterocycles. The molecule has 0 bridgehead atoms. The number of carbonyl (C=O) groups is 2. The number of pyridine rings is 1. The van der Waals surface area contributed by atoms with Gasteiger partial charge in [-0.05, 0) is 92.8 Å². The third-order valence-electron chi connectivity index (χ3n) is 6.21. The lowest BCUT2D eigenvalue weighted by Crippen LogP contribution is -2.29. The van der Waals surface area contributed by atoms with Crippen LogP contribution in [0.1, 0.15) is 58.1 Å². The van der Waals surface area contributed by atoms with Gasteiger partial charge in [-0.1, -0.05) is 6.07 Å². The molecule has 39 heavy (non-hydrogen) atoms. The maximum absolute atomic E-state index is 11.6. The van der Waals surface area contributed by atoms with Crippen LogP contribution in [-0.2, 0) is 0 Å². The van der Waals surface area contributed by atoms with E-state index in [0.29, 0.717) is 22.2 Å². The summed E-state index contributed by atoms with van der Waals surface area (Å²) in [7, 11) is 0. The molecule has 4 aromatic rings. The average Bonchev–Trinajstić information content (AvgIpc) is 3.54. The summed E-state index contributed by atoms with van der Waals surface area (Å²) in [6.07, 6.45) is 1.74. The first-order valence-electron chi connectivity index (χ1n) is 12.2. The Labute approximate surface area is 229 Å². The molecule has 3 N–H and O–H groups in total. The van der Waals surface area contributed by atoms with Crippen molar-refractivity contribution < 1.29 is 29.0 Å². The number of carboxylic acids is 2. The van der Waals surface area contributed by atoms with Gasteiger partial charge in [-0.2, -0.15) is 0 Å². The Balaban J connectivity index is 1.57. The molecule has 1 saturated heterocycles. The maximum Gasteiger partial charge on any atom is 0.335 e. The third kappa shape index (κ3) is 5.32. The van der Waals surface area contributed by atoms with Crippen molar-refractivity contribution >= 4 is 35.0 Å². The Bertz CT molecular complexity index is 1500. The lowest BCUT2D eigenvalue weighted by molar-refractivity contribution is 0.0696. The van der Waals surface area contributed by atoms with Crippen LogP contribution in [0.25, 0.3) is 11.3 Å². The van der Waals surface area contributed by atoms with Gasteiger partial charge in [0.25, 0.3) is 0 Å². The molecule has 1 fully saturated rings. The normalized spacial score (nSPS) is 16.8. The monoisotopic (exact) mass is 543 g/mol. The zero-order chi connectivity index (χ0) is 27.7. The molecule has 0 spiro atoms. The number of rotatable bonds is 8. The summed E-state index contributed by atoms with van der Waals surface area (Å²) in [6, 6.07) is 19.8. The highest BCUT2D eigenvalue weighted by atomic mass is 32.1. The fourth-order valence-corrected chi connectivity index (χ4v) is 4.91. The number of carboxylic acid groups (broad SMARTS) is 2. The predicted molar refractivity (Wildman–Crippen MR) is 148 cm³/mol. The summed E-state index contributed by atoms with van der Waals surface area (Å²) < 4.78 is 12.1.